The molecule has 4 amide bonds. The number of aromatic nitrogens is 1. The fourth-order valence-electron chi connectivity index (χ4n) is 5.17. The Hall–Kier alpha value is -4.39. The number of imide groups is 2. The summed E-state index contributed by atoms with van der Waals surface area (Å²) in [5.41, 5.74) is -0.239. The van der Waals surface area contributed by atoms with Gasteiger partial charge in [-0.2, -0.15) is 0 Å². The number of benzene rings is 1. The monoisotopic (exact) mass is 551 g/mol. The molecule has 1 atom stereocenters. The molecule has 2 aromatic rings. The number of pyridine rings is 1. The van der Waals surface area contributed by atoms with Gasteiger partial charge in [-0.25, -0.2) is 4.98 Å². The second-order valence-corrected chi connectivity index (χ2v) is 10.1. The number of carbonyl (C=O) groups excluding carboxylic acids is 4. The van der Waals surface area contributed by atoms with Crippen molar-refractivity contribution in [2.45, 2.75) is 56.7 Å². The Bertz CT molecular complexity index is 1360. The maximum Gasteiger partial charge on any atom is 0.287 e. The highest BCUT2D eigenvalue weighted by Gasteiger charge is 2.46. The van der Waals surface area contributed by atoms with E-state index in [-0.39, 0.29) is 29.7 Å². The van der Waals surface area contributed by atoms with E-state index in [0.717, 1.165) is 49.7 Å². The molecule has 3 aliphatic rings. The number of amides is 4. The van der Waals surface area contributed by atoms with Crippen LogP contribution in [-0.2, 0) is 9.59 Å². The molecular weight excluding hydrogens is 522 g/mol. The molecule has 1 aliphatic carbocycles. The summed E-state index contributed by atoms with van der Waals surface area (Å²) in [6, 6.07) is 6.58. The highest BCUT2D eigenvalue weighted by atomic mass is 16.6. The van der Waals surface area contributed by atoms with Gasteiger partial charge in [0.25, 0.3) is 17.5 Å². The average molecular weight is 552 g/mol. The largest absolute Gasteiger partial charge is 0.478 e. The number of nitrogens with one attached hydrogen (secondary N) is 1. The van der Waals surface area contributed by atoms with Gasteiger partial charge in [0.2, 0.25) is 17.7 Å². The third-order valence-electron chi connectivity index (χ3n) is 7.62. The Labute approximate surface area is 229 Å². The molecule has 1 unspecified atom stereocenters. The minimum atomic E-state index is -1.02. The molecule has 0 bridgehead atoms. The molecule has 0 spiro atoms. The second kappa shape index (κ2) is 11.0. The molecule has 1 saturated carbocycles. The third kappa shape index (κ3) is 5.24. The smallest absolute Gasteiger partial charge is 0.287 e. The van der Waals surface area contributed by atoms with Gasteiger partial charge in [-0.1, -0.05) is 0 Å². The van der Waals surface area contributed by atoms with Crippen molar-refractivity contribution >= 4 is 29.3 Å². The topological polar surface area (TPSA) is 161 Å². The van der Waals surface area contributed by atoms with Gasteiger partial charge < -0.3 is 9.47 Å². The van der Waals surface area contributed by atoms with E-state index in [2.05, 4.69) is 15.2 Å². The highest BCUT2D eigenvalue weighted by Crippen LogP contribution is 2.40. The predicted octanol–water partition coefficient (Wildman–Crippen LogP) is 2.44. The highest BCUT2D eigenvalue weighted by molar-refractivity contribution is 6.23. The van der Waals surface area contributed by atoms with E-state index < -0.39 is 40.3 Å². The minimum absolute atomic E-state index is 0.0626. The zero-order valence-electron chi connectivity index (χ0n) is 22.0. The first-order valence-corrected chi connectivity index (χ1v) is 13.2. The number of unbranched alkanes of at least 4 members (excludes halogenated alkanes) is 1. The van der Waals surface area contributed by atoms with Crippen LogP contribution >= 0.6 is 0 Å². The van der Waals surface area contributed by atoms with Crippen LogP contribution in [0.25, 0.3) is 0 Å². The summed E-state index contributed by atoms with van der Waals surface area (Å²) in [5, 5.41) is 12.9. The summed E-state index contributed by atoms with van der Waals surface area (Å²) < 4.78 is 12.0. The molecule has 210 valence electrons. The molecule has 1 aromatic heterocycles. The number of ether oxygens (including phenoxy) is 2. The standard InChI is InChI=1S/C27H29N5O8/c1-30(13-2-3-14-39-23-10-5-17(16-28-23)32(37)38)27(11-4-12-27)40-18-6-7-19-20(15-18)26(36)31(25(19)35)21-8-9-22(33)29-24(21)34/h5-7,10,15-16,21H,2-4,8-9,11-14H2,1H3,(H,29,33,34). The maximum absolute atomic E-state index is 13.1. The predicted molar refractivity (Wildman–Crippen MR) is 139 cm³/mol. The van der Waals surface area contributed by atoms with E-state index in [0.29, 0.717) is 18.2 Å². The number of hydrogen-bond acceptors (Lipinski definition) is 10. The molecule has 1 N–H and O–H groups in total. The lowest BCUT2D eigenvalue weighted by molar-refractivity contribution is -0.385. The Morgan fingerprint density at radius 2 is 1.90 bits per heavy atom. The Morgan fingerprint density at radius 3 is 2.55 bits per heavy atom. The summed E-state index contributed by atoms with van der Waals surface area (Å²) in [5.74, 6) is -1.40. The quantitative estimate of drug-likeness (QED) is 0.144. The zero-order chi connectivity index (χ0) is 28.4. The lowest BCUT2D eigenvalue weighted by Crippen LogP contribution is -2.56. The molecule has 40 heavy (non-hydrogen) atoms. The van der Waals surface area contributed by atoms with Gasteiger partial charge in [0, 0.05) is 37.9 Å². The van der Waals surface area contributed by atoms with Gasteiger partial charge >= 0.3 is 0 Å². The molecular formula is C27H29N5O8. The molecule has 13 heteroatoms. The molecule has 1 aromatic carbocycles. The van der Waals surface area contributed by atoms with Crippen LogP contribution in [0.1, 0.15) is 65.7 Å². The Kier molecular flexibility index (Phi) is 7.48. The first-order chi connectivity index (χ1) is 19.2. The van der Waals surface area contributed by atoms with E-state index in [1.807, 2.05) is 7.05 Å². The van der Waals surface area contributed by atoms with Crippen LogP contribution in [0.2, 0.25) is 0 Å². The number of nitrogens with zero attached hydrogens (tertiary/aromatic N) is 4. The van der Waals surface area contributed by atoms with E-state index in [4.69, 9.17) is 9.47 Å². The maximum atomic E-state index is 13.1. The summed E-state index contributed by atoms with van der Waals surface area (Å²) in [6.45, 7) is 1.14. The SMILES string of the molecule is CN(CCCCOc1ccc([N+](=O)[O-])cn1)C1(Oc2ccc3c(c2)C(=O)N(C2CCC(=O)NC2=O)C3=O)CCC1. The van der Waals surface area contributed by atoms with Crippen molar-refractivity contribution in [3.8, 4) is 11.6 Å². The Morgan fingerprint density at radius 1 is 1.12 bits per heavy atom. The van der Waals surface area contributed by atoms with Crippen LogP contribution in [0.3, 0.4) is 0 Å². The second-order valence-electron chi connectivity index (χ2n) is 10.1. The fraction of sp³-hybridized carbons (Fsp3) is 0.444. The number of rotatable bonds is 11. The van der Waals surface area contributed by atoms with Crippen LogP contribution in [0, 0.1) is 10.1 Å². The molecule has 2 fully saturated rings. The van der Waals surface area contributed by atoms with Crippen molar-refractivity contribution in [1.82, 2.24) is 20.1 Å². The van der Waals surface area contributed by atoms with Crippen molar-refractivity contribution in [1.29, 1.82) is 0 Å². The molecule has 1 saturated heterocycles. The summed E-state index contributed by atoms with van der Waals surface area (Å²) >= 11 is 0. The van der Waals surface area contributed by atoms with Crippen molar-refractivity contribution in [3.05, 3.63) is 57.8 Å². The summed E-state index contributed by atoms with van der Waals surface area (Å²) in [6.07, 6.45) is 5.48. The normalized spacial score (nSPS) is 19.8. The number of fused-ring (bicyclic) bond motifs is 1. The number of nitro groups is 1. The van der Waals surface area contributed by atoms with Gasteiger partial charge in [-0.05, 0) is 50.9 Å². The summed E-state index contributed by atoms with van der Waals surface area (Å²) in [7, 11) is 1.98. The molecule has 3 heterocycles. The molecule has 0 radical (unpaired) electrons. The van der Waals surface area contributed by atoms with Crippen LogP contribution in [0.4, 0.5) is 5.69 Å². The van der Waals surface area contributed by atoms with Gasteiger partial charge in [0.1, 0.15) is 18.0 Å². The van der Waals surface area contributed by atoms with Crippen molar-refractivity contribution in [2.75, 3.05) is 20.2 Å². The van der Waals surface area contributed by atoms with Gasteiger partial charge in [-0.3, -0.25) is 44.4 Å². The van der Waals surface area contributed by atoms with Gasteiger partial charge in [0.15, 0.2) is 5.72 Å². The van der Waals surface area contributed by atoms with Crippen molar-refractivity contribution in [3.63, 3.8) is 0 Å². The van der Waals surface area contributed by atoms with Crippen molar-refractivity contribution in [2.24, 2.45) is 0 Å². The minimum Gasteiger partial charge on any atom is -0.478 e. The molecule has 5 rings (SSSR count). The fourth-order valence-corrected chi connectivity index (χ4v) is 5.17. The van der Waals surface area contributed by atoms with Crippen LogP contribution in [0.5, 0.6) is 11.6 Å². The van der Waals surface area contributed by atoms with Crippen LogP contribution < -0.4 is 14.8 Å². The zero-order valence-corrected chi connectivity index (χ0v) is 22.0. The van der Waals surface area contributed by atoms with Crippen LogP contribution in [0.15, 0.2) is 36.5 Å². The molecule has 13 nitrogen and oxygen atoms in total. The van der Waals surface area contributed by atoms with Gasteiger partial charge in [0.05, 0.1) is 22.7 Å². The number of hydrogen-bond donors (Lipinski definition) is 1. The van der Waals surface area contributed by atoms with E-state index >= 15 is 0 Å². The Balaban J connectivity index is 1.16. The average Bonchev–Trinajstić information content (AvgIpc) is 3.15. The van der Waals surface area contributed by atoms with E-state index in [1.165, 1.54) is 12.1 Å². The summed E-state index contributed by atoms with van der Waals surface area (Å²) in [4.78, 5) is 67.1. The number of piperidine rings is 1. The van der Waals surface area contributed by atoms with E-state index in [9.17, 15) is 29.3 Å². The first-order valence-electron chi connectivity index (χ1n) is 13.2. The van der Waals surface area contributed by atoms with Crippen molar-refractivity contribution < 1.29 is 33.6 Å². The molecule has 2 aliphatic heterocycles. The van der Waals surface area contributed by atoms with Gasteiger partial charge in [-0.15, -0.1) is 0 Å². The lowest BCUT2D eigenvalue weighted by atomic mass is 9.86. The first kappa shape index (κ1) is 27.2. The third-order valence-corrected chi connectivity index (χ3v) is 7.62. The number of carbonyl (C=O) groups is 4. The van der Waals surface area contributed by atoms with Crippen LogP contribution in [-0.4, -0.2) is 75.3 Å². The van der Waals surface area contributed by atoms with E-state index in [1.54, 1.807) is 18.2 Å². The lowest BCUT2D eigenvalue weighted by Gasteiger charge is -2.48.